The Balaban J connectivity index is 0.00000225. The number of hydrazone groups is 1. The molecule has 83 valence electrons. The normalized spacial score (nSPS) is 10.2. The van der Waals surface area contributed by atoms with Crippen LogP contribution in [0.25, 0.3) is 0 Å². The van der Waals surface area contributed by atoms with Crippen LogP contribution in [0.4, 0.5) is 0 Å². The van der Waals surface area contributed by atoms with Crippen LogP contribution in [0, 0.1) is 0 Å². The van der Waals surface area contributed by atoms with Crippen LogP contribution in [-0.4, -0.2) is 27.7 Å². The summed E-state index contributed by atoms with van der Waals surface area (Å²) in [5.74, 6) is -1.65. The maximum atomic E-state index is 11.3. The molecule has 0 unspecified atom stereocenters. The Morgan fingerprint density at radius 2 is 1.94 bits per heavy atom. The maximum Gasteiger partial charge on any atom is 0.351 e. The topological polar surface area (TPSA) is 91.7 Å². The summed E-state index contributed by atoms with van der Waals surface area (Å²) in [6.07, 6.45) is 2.92. The van der Waals surface area contributed by atoms with Crippen molar-refractivity contribution in [3.8, 4) is 0 Å². The molecular formula is C9H9N3O3V. The van der Waals surface area contributed by atoms with Gasteiger partial charge < -0.3 is 5.11 Å². The first-order chi connectivity index (χ1) is 7.11. The van der Waals surface area contributed by atoms with Gasteiger partial charge in [0.05, 0.1) is 0 Å². The number of nitrogens with zero attached hydrogens (tertiary/aromatic N) is 2. The molecule has 0 saturated heterocycles. The second kappa shape index (κ2) is 6.76. The van der Waals surface area contributed by atoms with E-state index >= 15 is 0 Å². The fraction of sp³-hybridized carbons (Fsp3) is 0.111. The van der Waals surface area contributed by atoms with E-state index in [0.717, 1.165) is 0 Å². The third kappa shape index (κ3) is 4.25. The molecule has 0 saturated carbocycles. The Labute approximate surface area is 104 Å². The number of hydrogen-bond acceptors (Lipinski definition) is 4. The van der Waals surface area contributed by atoms with E-state index in [1.807, 2.05) is 0 Å². The summed E-state index contributed by atoms with van der Waals surface area (Å²) in [6.45, 7) is 1.29. The first kappa shape index (κ1) is 14.3. The van der Waals surface area contributed by atoms with Gasteiger partial charge in [-0.05, 0) is 19.1 Å². The third-order valence-electron chi connectivity index (χ3n) is 1.58. The summed E-state index contributed by atoms with van der Waals surface area (Å²) in [7, 11) is 0. The van der Waals surface area contributed by atoms with Crippen molar-refractivity contribution in [3.63, 3.8) is 0 Å². The number of carbonyl (C=O) groups is 2. The monoisotopic (exact) mass is 258 g/mol. The Morgan fingerprint density at radius 1 is 1.38 bits per heavy atom. The summed E-state index contributed by atoms with van der Waals surface area (Å²) in [6, 6.07) is 3.00. The van der Waals surface area contributed by atoms with Crippen molar-refractivity contribution in [2.24, 2.45) is 5.10 Å². The molecule has 0 atom stereocenters. The Bertz CT molecular complexity index is 406. The van der Waals surface area contributed by atoms with Crippen LogP contribution in [0.3, 0.4) is 0 Å². The summed E-state index contributed by atoms with van der Waals surface area (Å²) >= 11 is 0. The zero-order chi connectivity index (χ0) is 11.3. The fourth-order valence-electron chi connectivity index (χ4n) is 0.750. The first-order valence-corrected chi connectivity index (χ1v) is 4.09. The SMILES string of the molecule is CC(=NNC(=O)c1ccncc1)C(=O)O.[V]. The number of amides is 1. The molecule has 1 amide bonds. The van der Waals surface area contributed by atoms with Crippen LogP contribution in [0.2, 0.25) is 0 Å². The summed E-state index contributed by atoms with van der Waals surface area (Å²) in [5, 5.41) is 11.9. The van der Waals surface area contributed by atoms with E-state index in [9.17, 15) is 9.59 Å². The van der Waals surface area contributed by atoms with Crippen LogP contribution in [0.1, 0.15) is 17.3 Å². The van der Waals surface area contributed by atoms with Gasteiger partial charge in [-0.1, -0.05) is 0 Å². The molecule has 1 heterocycles. The molecule has 1 rings (SSSR count). The van der Waals surface area contributed by atoms with Gasteiger partial charge in [-0.3, -0.25) is 9.78 Å². The predicted molar refractivity (Wildman–Crippen MR) is 52.4 cm³/mol. The molecule has 0 aromatic carbocycles. The van der Waals surface area contributed by atoms with Crippen molar-refractivity contribution < 1.29 is 33.3 Å². The largest absolute Gasteiger partial charge is 0.477 e. The zero-order valence-electron chi connectivity index (χ0n) is 8.41. The van der Waals surface area contributed by atoms with Gasteiger partial charge in [0, 0.05) is 36.5 Å². The number of hydrogen-bond donors (Lipinski definition) is 2. The first-order valence-electron chi connectivity index (χ1n) is 4.09. The number of aliphatic carboxylic acids is 1. The summed E-state index contributed by atoms with van der Waals surface area (Å²) in [4.78, 5) is 25.4. The van der Waals surface area contributed by atoms with Crippen LogP contribution in [0.5, 0.6) is 0 Å². The number of aromatic nitrogens is 1. The predicted octanol–water partition coefficient (Wildman–Crippen LogP) is 0.269. The van der Waals surface area contributed by atoms with E-state index in [-0.39, 0.29) is 24.3 Å². The van der Waals surface area contributed by atoms with Crippen LogP contribution < -0.4 is 5.43 Å². The molecule has 7 heteroatoms. The van der Waals surface area contributed by atoms with Crippen LogP contribution in [-0.2, 0) is 23.4 Å². The third-order valence-corrected chi connectivity index (χ3v) is 1.58. The molecule has 6 nitrogen and oxygen atoms in total. The van der Waals surface area contributed by atoms with Crippen LogP contribution in [0.15, 0.2) is 29.6 Å². The van der Waals surface area contributed by atoms with E-state index in [1.165, 1.54) is 31.5 Å². The van der Waals surface area contributed by atoms with Gasteiger partial charge in [0.15, 0.2) is 0 Å². The van der Waals surface area contributed by atoms with Gasteiger partial charge in [0.25, 0.3) is 5.91 Å². The van der Waals surface area contributed by atoms with Crippen molar-refractivity contribution in [1.29, 1.82) is 0 Å². The van der Waals surface area contributed by atoms with E-state index < -0.39 is 11.9 Å². The molecule has 0 aliphatic heterocycles. The Morgan fingerprint density at radius 3 is 2.44 bits per heavy atom. The van der Waals surface area contributed by atoms with Crippen molar-refractivity contribution >= 4 is 17.6 Å². The second-order valence-corrected chi connectivity index (χ2v) is 2.68. The second-order valence-electron chi connectivity index (χ2n) is 2.68. The molecule has 0 fully saturated rings. The van der Waals surface area contributed by atoms with Crippen molar-refractivity contribution in [3.05, 3.63) is 30.1 Å². The minimum absolute atomic E-state index is 0. The van der Waals surface area contributed by atoms with Gasteiger partial charge in [-0.15, -0.1) is 0 Å². The molecular weight excluding hydrogens is 249 g/mol. The zero-order valence-corrected chi connectivity index (χ0v) is 9.81. The number of pyridine rings is 1. The van der Waals surface area contributed by atoms with E-state index in [1.54, 1.807) is 0 Å². The van der Waals surface area contributed by atoms with Gasteiger partial charge in [0.1, 0.15) is 5.71 Å². The van der Waals surface area contributed by atoms with Crippen molar-refractivity contribution in [2.75, 3.05) is 0 Å². The van der Waals surface area contributed by atoms with Crippen LogP contribution >= 0.6 is 0 Å². The molecule has 2 N–H and O–H groups in total. The number of carbonyl (C=O) groups excluding carboxylic acids is 1. The molecule has 0 aliphatic rings. The minimum Gasteiger partial charge on any atom is -0.477 e. The van der Waals surface area contributed by atoms with Crippen molar-refractivity contribution in [2.45, 2.75) is 6.92 Å². The standard InChI is InChI=1S/C9H9N3O3.V/c1-6(9(14)15)11-12-8(13)7-2-4-10-5-3-7;/h2-5H,1H3,(H,12,13)(H,14,15);. The summed E-state index contributed by atoms with van der Waals surface area (Å²) in [5.41, 5.74) is 2.31. The molecule has 0 bridgehead atoms. The Kier molecular flexibility index (Phi) is 6.06. The maximum absolute atomic E-state index is 11.3. The Hall–Kier alpha value is -1.66. The van der Waals surface area contributed by atoms with E-state index in [2.05, 4.69) is 15.5 Å². The average Bonchev–Trinajstić information content (AvgIpc) is 2.26. The molecule has 1 radical (unpaired) electrons. The molecule has 1 aromatic heterocycles. The van der Waals surface area contributed by atoms with E-state index in [0.29, 0.717) is 5.56 Å². The number of carboxylic acids is 1. The minimum atomic E-state index is -1.18. The molecule has 0 aliphatic carbocycles. The fourth-order valence-corrected chi connectivity index (χ4v) is 0.750. The van der Waals surface area contributed by atoms with E-state index in [4.69, 9.17) is 5.11 Å². The molecule has 0 spiro atoms. The smallest absolute Gasteiger partial charge is 0.351 e. The van der Waals surface area contributed by atoms with Gasteiger partial charge in [0.2, 0.25) is 0 Å². The van der Waals surface area contributed by atoms with Gasteiger partial charge in [-0.25, -0.2) is 10.2 Å². The van der Waals surface area contributed by atoms with Gasteiger partial charge in [-0.2, -0.15) is 5.10 Å². The number of rotatable bonds is 3. The van der Waals surface area contributed by atoms with Gasteiger partial charge >= 0.3 is 5.97 Å². The average molecular weight is 258 g/mol. The quantitative estimate of drug-likeness (QED) is 0.601. The number of nitrogens with one attached hydrogen (secondary N) is 1. The number of carboxylic acid groups (broad SMARTS) is 1. The molecule has 1 aromatic rings. The molecule has 16 heavy (non-hydrogen) atoms. The summed E-state index contributed by atoms with van der Waals surface area (Å²) < 4.78 is 0. The van der Waals surface area contributed by atoms with Crippen molar-refractivity contribution in [1.82, 2.24) is 10.4 Å².